The molecule has 5 nitrogen and oxygen atoms in total. The summed E-state index contributed by atoms with van der Waals surface area (Å²) >= 11 is 0. The van der Waals surface area contributed by atoms with Crippen LogP contribution in [0.25, 0.3) is 0 Å². The molecule has 0 aromatic rings. The molecule has 1 N–H and O–H groups in total. The van der Waals surface area contributed by atoms with Gasteiger partial charge in [0.05, 0.1) is 23.5 Å². The number of hydrogen-bond acceptors (Lipinski definition) is 3. The Morgan fingerprint density at radius 3 is 2.63 bits per heavy atom. The zero-order valence-electron chi connectivity index (χ0n) is 12.8. The van der Waals surface area contributed by atoms with E-state index in [9.17, 15) is 4.79 Å². The first kappa shape index (κ1) is 15.9. The maximum absolute atomic E-state index is 11.5. The highest BCUT2D eigenvalue weighted by atomic mass is 16.1. The van der Waals surface area contributed by atoms with Gasteiger partial charge < -0.3 is 5.32 Å². The van der Waals surface area contributed by atoms with Gasteiger partial charge in [0.15, 0.2) is 6.04 Å². The molecule has 1 amide bonds. The second-order valence-corrected chi connectivity index (χ2v) is 5.38. The zero-order valence-corrected chi connectivity index (χ0v) is 12.8. The van der Waals surface area contributed by atoms with Crippen LogP contribution in [0.5, 0.6) is 0 Å². The molecule has 0 bridgehead atoms. The minimum Gasteiger partial charge on any atom is -0.358 e. The van der Waals surface area contributed by atoms with Crippen molar-refractivity contribution in [1.29, 1.82) is 0 Å². The monoisotopic (exact) mass is 267 g/mol. The largest absolute Gasteiger partial charge is 0.358 e. The molecule has 0 aliphatic carbocycles. The van der Waals surface area contributed by atoms with Gasteiger partial charge in [0, 0.05) is 18.4 Å². The number of hydrogen-bond donors (Lipinski definition) is 1. The molecule has 0 saturated heterocycles. The number of carbonyl (C=O) groups is 1. The minimum atomic E-state index is 0.0536. The van der Waals surface area contributed by atoms with Crippen molar-refractivity contribution >= 4 is 11.6 Å². The van der Waals surface area contributed by atoms with Crippen LogP contribution in [0.1, 0.15) is 34.1 Å². The summed E-state index contributed by atoms with van der Waals surface area (Å²) in [5.41, 5.74) is 1.21. The summed E-state index contributed by atoms with van der Waals surface area (Å²) < 4.78 is 0. The Labute approximate surface area is 116 Å². The Kier molecular flexibility index (Phi) is 6.19. The molecule has 0 aromatic heterocycles. The second kappa shape index (κ2) is 7.41. The van der Waals surface area contributed by atoms with E-state index in [1.54, 1.807) is 7.05 Å². The van der Waals surface area contributed by atoms with Gasteiger partial charge in [0.25, 0.3) is 0 Å². The Bertz CT molecular complexity index is 372. The van der Waals surface area contributed by atoms with Crippen molar-refractivity contribution < 1.29 is 9.58 Å². The van der Waals surface area contributed by atoms with Crippen molar-refractivity contribution in [3.8, 4) is 0 Å². The third-order valence-electron chi connectivity index (χ3n) is 3.74. The van der Waals surface area contributed by atoms with E-state index in [1.807, 2.05) is 0 Å². The molecule has 108 valence electrons. The number of nitrogens with zero attached hydrogens (tertiary/aromatic N) is 3. The fourth-order valence-corrected chi connectivity index (χ4v) is 2.53. The van der Waals surface area contributed by atoms with Crippen molar-refractivity contribution in [2.24, 2.45) is 17.0 Å². The molecular formula is C14H27N4O+. The number of nitrogens with one attached hydrogen (secondary N) is 1. The molecule has 1 aliphatic rings. The Morgan fingerprint density at radius 2 is 2.16 bits per heavy atom. The molecule has 0 aromatic carbocycles. The SMILES string of the molecule is CCC1C(C(C)C)=[N+]=NC1CN(CC)CC(=O)NC. The van der Waals surface area contributed by atoms with Gasteiger partial charge in [0.1, 0.15) is 0 Å². The van der Waals surface area contributed by atoms with Crippen LogP contribution in [0, 0.1) is 11.8 Å². The summed E-state index contributed by atoms with van der Waals surface area (Å²) in [4.78, 5) is 18.0. The zero-order chi connectivity index (χ0) is 14.4. The average Bonchev–Trinajstić information content (AvgIpc) is 2.80. The number of amides is 1. The first-order chi connectivity index (χ1) is 9.03. The first-order valence-corrected chi connectivity index (χ1v) is 7.23. The lowest BCUT2D eigenvalue weighted by molar-refractivity contribution is -0.122. The van der Waals surface area contributed by atoms with Gasteiger partial charge in [-0.25, -0.2) is 0 Å². The third kappa shape index (κ3) is 4.15. The maximum atomic E-state index is 11.5. The van der Waals surface area contributed by atoms with Crippen molar-refractivity contribution in [2.75, 3.05) is 26.7 Å². The van der Waals surface area contributed by atoms with E-state index in [-0.39, 0.29) is 11.9 Å². The highest BCUT2D eigenvalue weighted by Crippen LogP contribution is 2.22. The lowest BCUT2D eigenvalue weighted by Crippen LogP contribution is -2.42. The molecule has 1 rings (SSSR count). The summed E-state index contributed by atoms with van der Waals surface area (Å²) in [7, 11) is 1.67. The van der Waals surface area contributed by atoms with Crippen molar-refractivity contribution in [3.05, 3.63) is 0 Å². The minimum absolute atomic E-state index is 0.0536. The lowest BCUT2D eigenvalue weighted by atomic mass is 9.87. The van der Waals surface area contributed by atoms with Crippen LogP contribution in [-0.2, 0) is 4.79 Å². The maximum Gasteiger partial charge on any atom is 0.326 e. The molecule has 2 unspecified atom stereocenters. The summed E-state index contributed by atoms with van der Waals surface area (Å²) in [6.45, 7) is 10.7. The van der Waals surface area contributed by atoms with Crippen LogP contribution in [0.2, 0.25) is 0 Å². The van der Waals surface area contributed by atoms with Gasteiger partial charge in [-0.05, 0) is 13.0 Å². The van der Waals surface area contributed by atoms with E-state index in [0.717, 1.165) is 19.5 Å². The number of rotatable bonds is 7. The van der Waals surface area contributed by atoms with E-state index in [0.29, 0.717) is 18.4 Å². The molecule has 0 radical (unpaired) electrons. The van der Waals surface area contributed by atoms with Crippen LogP contribution in [0.15, 0.2) is 5.11 Å². The molecule has 1 aliphatic heterocycles. The van der Waals surface area contributed by atoms with Gasteiger partial charge in [-0.15, -0.1) is 0 Å². The smallest absolute Gasteiger partial charge is 0.326 e. The molecule has 5 heteroatoms. The number of carbonyl (C=O) groups excluding carboxylic acids is 1. The third-order valence-corrected chi connectivity index (χ3v) is 3.74. The predicted molar refractivity (Wildman–Crippen MR) is 76.3 cm³/mol. The predicted octanol–water partition coefficient (Wildman–Crippen LogP) is 1.22. The second-order valence-electron chi connectivity index (χ2n) is 5.38. The normalized spacial score (nSPS) is 22.2. The van der Waals surface area contributed by atoms with E-state index in [4.69, 9.17) is 0 Å². The molecular weight excluding hydrogens is 240 g/mol. The van der Waals surface area contributed by atoms with Crippen LogP contribution in [0.4, 0.5) is 0 Å². The Balaban J connectivity index is 2.62. The van der Waals surface area contributed by atoms with E-state index >= 15 is 0 Å². The van der Waals surface area contributed by atoms with Crippen LogP contribution < -0.4 is 5.32 Å². The Hall–Kier alpha value is -1.19. The highest BCUT2D eigenvalue weighted by Gasteiger charge is 2.41. The van der Waals surface area contributed by atoms with E-state index < -0.39 is 0 Å². The summed E-state index contributed by atoms with van der Waals surface area (Å²) in [5.74, 6) is 0.935. The Morgan fingerprint density at radius 1 is 1.47 bits per heavy atom. The van der Waals surface area contributed by atoms with Gasteiger partial charge in [-0.2, -0.15) is 0 Å². The van der Waals surface area contributed by atoms with Crippen LogP contribution >= 0.6 is 0 Å². The summed E-state index contributed by atoms with van der Waals surface area (Å²) in [6, 6.07) is 0.201. The average molecular weight is 267 g/mol. The van der Waals surface area contributed by atoms with Gasteiger partial charge in [-0.3, -0.25) is 9.69 Å². The fraction of sp³-hybridized carbons (Fsp3) is 0.857. The summed E-state index contributed by atoms with van der Waals surface area (Å²) in [6.07, 6.45) is 1.06. The van der Waals surface area contributed by atoms with Crippen LogP contribution in [0.3, 0.4) is 0 Å². The highest BCUT2D eigenvalue weighted by molar-refractivity contribution is 5.84. The van der Waals surface area contributed by atoms with Crippen LogP contribution in [-0.4, -0.2) is 54.0 Å². The molecule has 0 saturated carbocycles. The molecule has 19 heavy (non-hydrogen) atoms. The topological polar surface area (TPSA) is 58.8 Å². The van der Waals surface area contributed by atoms with Gasteiger partial charge in [0.2, 0.25) is 5.91 Å². The lowest BCUT2D eigenvalue weighted by Gasteiger charge is -2.22. The van der Waals surface area contributed by atoms with E-state index in [1.165, 1.54) is 5.71 Å². The summed E-state index contributed by atoms with van der Waals surface area (Å²) in [5, 5.41) is 7.09. The van der Waals surface area contributed by atoms with Crippen molar-refractivity contribution in [2.45, 2.75) is 40.2 Å². The van der Waals surface area contributed by atoms with E-state index in [2.05, 4.69) is 47.8 Å². The molecule has 0 spiro atoms. The standard InChI is InChI=1S/C14H26N4O/c1-6-11-12(16-17-14(11)10(3)4)8-18(7-2)9-13(19)15-5/h10-12H,6-9H2,1-5H3/p+1. The molecule has 2 atom stereocenters. The van der Waals surface area contributed by atoms with Crippen molar-refractivity contribution in [1.82, 2.24) is 10.2 Å². The fourth-order valence-electron chi connectivity index (χ4n) is 2.53. The number of likely N-dealkylation sites (N-methyl/N-ethyl adjacent to an activating group) is 2. The van der Waals surface area contributed by atoms with Gasteiger partial charge >= 0.3 is 5.71 Å². The quantitative estimate of drug-likeness (QED) is 0.705. The molecule has 0 fully saturated rings. The molecule has 1 heterocycles. The van der Waals surface area contributed by atoms with Gasteiger partial charge in [-0.1, -0.05) is 27.7 Å². The first-order valence-electron chi connectivity index (χ1n) is 7.23. The van der Waals surface area contributed by atoms with Crippen molar-refractivity contribution in [3.63, 3.8) is 0 Å².